The van der Waals surface area contributed by atoms with Gasteiger partial charge in [-0.25, -0.2) is 9.69 Å². The van der Waals surface area contributed by atoms with Gasteiger partial charge in [0, 0.05) is 6.20 Å². The Morgan fingerprint density at radius 1 is 1.33 bits per heavy atom. The Hall–Kier alpha value is -2.95. The standard InChI is InChI=1S/C18H14IN3O5/c1-2-27-14-8-10(7-13(19)15(14)23)6-12-16(24)21-18(26)22(17(12)25)11-4-3-5-20-9-11/h3-9,23H,2H2,1H3,(H,21,24,26)/b12-6+. The molecule has 0 unspecified atom stereocenters. The summed E-state index contributed by atoms with van der Waals surface area (Å²) in [4.78, 5) is 41.8. The molecule has 0 bridgehead atoms. The Kier molecular flexibility index (Phi) is 5.40. The van der Waals surface area contributed by atoms with Crippen LogP contribution in [0.1, 0.15) is 12.5 Å². The molecule has 27 heavy (non-hydrogen) atoms. The van der Waals surface area contributed by atoms with Crippen LogP contribution in [0.15, 0.2) is 42.2 Å². The molecule has 2 N–H and O–H groups in total. The van der Waals surface area contributed by atoms with Crippen LogP contribution in [0, 0.1) is 3.57 Å². The quantitative estimate of drug-likeness (QED) is 0.396. The van der Waals surface area contributed by atoms with Crippen LogP contribution in [-0.2, 0) is 9.59 Å². The van der Waals surface area contributed by atoms with Crippen molar-refractivity contribution < 1.29 is 24.2 Å². The SMILES string of the molecule is CCOc1cc(/C=C2\C(=O)NC(=O)N(c3cccnc3)C2=O)cc(I)c1O. The Bertz CT molecular complexity index is 959. The number of phenols is 1. The minimum Gasteiger partial charge on any atom is -0.504 e. The van der Waals surface area contributed by atoms with Gasteiger partial charge >= 0.3 is 6.03 Å². The predicted molar refractivity (Wildman–Crippen MR) is 105 cm³/mol. The van der Waals surface area contributed by atoms with Gasteiger partial charge in [0.15, 0.2) is 11.5 Å². The van der Waals surface area contributed by atoms with Crippen molar-refractivity contribution in [2.24, 2.45) is 0 Å². The summed E-state index contributed by atoms with van der Waals surface area (Å²) in [6, 6.07) is 5.38. The highest BCUT2D eigenvalue weighted by Crippen LogP contribution is 2.33. The molecular weight excluding hydrogens is 465 g/mol. The fourth-order valence-corrected chi connectivity index (χ4v) is 3.11. The van der Waals surface area contributed by atoms with E-state index < -0.39 is 17.8 Å². The second-order valence-corrected chi connectivity index (χ2v) is 6.61. The van der Waals surface area contributed by atoms with E-state index in [0.717, 1.165) is 4.90 Å². The van der Waals surface area contributed by atoms with Crippen LogP contribution >= 0.6 is 22.6 Å². The number of hydrogen-bond acceptors (Lipinski definition) is 6. The molecule has 0 atom stereocenters. The van der Waals surface area contributed by atoms with Crippen LogP contribution < -0.4 is 15.0 Å². The number of urea groups is 1. The number of ether oxygens (including phenoxy) is 1. The van der Waals surface area contributed by atoms with Gasteiger partial charge in [0.2, 0.25) is 0 Å². The number of benzene rings is 1. The van der Waals surface area contributed by atoms with Gasteiger partial charge in [0.05, 0.1) is 22.1 Å². The molecule has 0 aliphatic carbocycles. The lowest BCUT2D eigenvalue weighted by molar-refractivity contribution is -0.122. The summed E-state index contributed by atoms with van der Waals surface area (Å²) in [6.45, 7) is 2.11. The van der Waals surface area contributed by atoms with Gasteiger partial charge < -0.3 is 9.84 Å². The predicted octanol–water partition coefficient (Wildman–Crippen LogP) is 2.46. The van der Waals surface area contributed by atoms with Gasteiger partial charge in [0.25, 0.3) is 11.8 Å². The number of halogens is 1. The second kappa shape index (κ2) is 7.74. The number of anilines is 1. The summed E-state index contributed by atoms with van der Waals surface area (Å²) >= 11 is 1.92. The minimum absolute atomic E-state index is 0.0220. The summed E-state index contributed by atoms with van der Waals surface area (Å²) in [5.41, 5.74) is 0.496. The van der Waals surface area contributed by atoms with Crippen molar-refractivity contribution in [3.8, 4) is 11.5 Å². The molecule has 1 aliphatic rings. The molecule has 1 aliphatic heterocycles. The molecule has 0 saturated carbocycles. The van der Waals surface area contributed by atoms with Crippen molar-refractivity contribution in [2.75, 3.05) is 11.5 Å². The Morgan fingerprint density at radius 2 is 2.11 bits per heavy atom. The molecule has 1 fully saturated rings. The molecule has 8 nitrogen and oxygen atoms in total. The van der Waals surface area contributed by atoms with Crippen molar-refractivity contribution in [3.05, 3.63) is 51.4 Å². The Labute approximate surface area is 168 Å². The number of hydrogen-bond donors (Lipinski definition) is 2. The maximum absolute atomic E-state index is 12.8. The van der Waals surface area contributed by atoms with Crippen molar-refractivity contribution in [3.63, 3.8) is 0 Å². The zero-order valence-corrected chi connectivity index (χ0v) is 16.3. The van der Waals surface area contributed by atoms with Gasteiger partial charge in [-0.2, -0.15) is 0 Å². The van der Waals surface area contributed by atoms with E-state index in [0.29, 0.717) is 15.7 Å². The minimum atomic E-state index is -0.842. The van der Waals surface area contributed by atoms with Crippen LogP contribution in [0.25, 0.3) is 6.08 Å². The van der Waals surface area contributed by atoms with E-state index in [2.05, 4.69) is 10.3 Å². The van der Waals surface area contributed by atoms with E-state index in [-0.39, 0.29) is 22.8 Å². The summed E-state index contributed by atoms with van der Waals surface area (Å²) in [7, 11) is 0. The lowest BCUT2D eigenvalue weighted by Crippen LogP contribution is -2.54. The van der Waals surface area contributed by atoms with Crippen LogP contribution in [0.5, 0.6) is 11.5 Å². The average Bonchev–Trinajstić information content (AvgIpc) is 2.63. The summed E-state index contributed by atoms with van der Waals surface area (Å²) in [5.74, 6) is -1.35. The molecule has 0 radical (unpaired) electrons. The lowest BCUT2D eigenvalue weighted by atomic mass is 10.1. The van der Waals surface area contributed by atoms with Crippen LogP contribution in [0.4, 0.5) is 10.5 Å². The number of rotatable bonds is 4. The summed E-state index contributed by atoms with van der Waals surface area (Å²) in [5, 5.41) is 12.2. The van der Waals surface area contributed by atoms with Gasteiger partial charge in [-0.1, -0.05) is 0 Å². The monoisotopic (exact) mass is 479 g/mol. The Morgan fingerprint density at radius 3 is 2.78 bits per heavy atom. The Balaban J connectivity index is 2.03. The number of barbiturate groups is 1. The first-order valence-corrected chi connectivity index (χ1v) is 8.97. The van der Waals surface area contributed by atoms with Crippen molar-refractivity contribution >= 4 is 52.2 Å². The number of pyridine rings is 1. The van der Waals surface area contributed by atoms with Crippen LogP contribution in [-0.4, -0.2) is 34.5 Å². The molecule has 2 aromatic rings. The van der Waals surface area contributed by atoms with E-state index in [9.17, 15) is 19.5 Å². The van der Waals surface area contributed by atoms with E-state index in [1.165, 1.54) is 30.6 Å². The topological polar surface area (TPSA) is 109 Å². The number of aromatic hydroxyl groups is 1. The number of nitrogens with zero attached hydrogens (tertiary/aromatic N) is 2. The molecule has 3 rings (SSSR count). The zero-order valence-electron chi connectivity index (χ0n) is 14.1. The molecule has 1 saturated heterocycles. The zero-order chi connectivity index (χ0) is 19.6. The number of aromatic nitrogens is 1. The van der Waals surface area contributed by atoms with E-state index in [4.69, 9.17) is 4.74 Å². The molecule has 9 heteroatoms. The van der Waals surface area contributed by atoms with Gasteiger partial charge in [0.1, 0.15) is 5.57 Å². The molecule has 4 amide bonds. The normalized spacial score (nSPS) is 15.9. The third-order valence-corrected chi connectivity index (χ3v) is 4.49. The highest BCUT2D eigenvalue weighted by molar-refractivity contribution is 14.1. The third-order valence-electron chi connectivity index (χ3n) is 3.67. The van der Waals surface area contributed by atoms with Gasteiger partial charge in [-0.15, -0.1) is 0 Å². The third kappa shape index (κ3) is 3.77. The van der Waals surface area contributed by atoms with E-state index >= 15 is 0 Å². The second-order valence-electron chi connectivity index (χ2n) is 5.45. The number of nitrogens with one attached hydrogen (secondary N) is 1. The lowest BCUT2D eigenvalue weighted by Gasteiger charge is -2.26. The van der Waals surface area contributed by atoms with Crippen molar-refractivity contribution in [2.45, 2.75) is 6.92 Å². The number of amides is 4. The average molecular weight is 479 g/mol. The number of carbonyl (C=O) groups excluding carboxylic acids is 3. The van der Waals surface area contributed by atoms with E-state index in [1.54, 1.807) is 19.1 Å². The number of phenolic OH excluding ortho intramolecular Hbond substituents is 1. The highest BCUT2D eigenvalue weighted by atomic mass is 127. The van der Waals surface area contributed by atoms with Crippen molar-refractivity contribution in [1.29, 1.82) is 0 Å². The first-order valence-electron chi connectivity index (χ1n) is 7.89. The maximum atomic E-state index is 12.8. The maximum Gasteiger partial charge on any atom is 0.336 e. The molecule has 1 aromatic carbocycles. The molecule has 1 aromatic heterocycles. The van der Waals surface area contributed by atoms with Crippen LogP contribution in [0.3, 0.4) is 0 Å². The largest absolute Gasteiger partial charge is 0.504 e. The van der Waals surface area contributed by atoms with Gasteiger partial charge in [-0.3, -0.25) is 19.9 Å². The molecular formula is C18H14IN3O5. The van der Waals surface area contributed by atoms with Crippen molar-refractivity contribution in [1.82, 2.24) is 10.3 Å². The number of carbonyl (C=O) groups is 3. The summed E-state index contributed by atoms with van der Waals surface area (Å²) < 4.78 is 5.86. The molecule has 138 valence electrons. The van der Waals surface area contributed by atoms with Gasteiger partial charge in [-0.05, 0) is 65.4 Å². The molecule has 2 heterocycles. The molecule has 0 spiro atoms. The smallest absolute Gasteiger partial charge is 0.336 e. The fourth-order valence-electron chi connectivity index (χ4n) is 2.49. The first kappa shape index (κ1) is 18.8. The number of imide groups is 2. The summed E-state index contributed by atoms with van der Waals surface area (Å²) in [6.07, 6.45) is 4.20. The first-order chi connectivity index (χ1) is 12.9. The fraction of sp³-hybridized carbons (Fsp3) is 0.111. The van der Waals surface area contributed by atoms with E-state index in [1.807, 2.05) is 22.6 Å². The highest BCUT2D eigenvalue weighted by Gasteiger charge is 2.36. The van der Waals surface area contributed by atoms with Crippen LogP contribution in [0.2, 0.25) is 0 Å².